The number of hydrogen-bond acceptors (Lipinski definition) is 6. The molecule has 2 N–H and O–H groups in total. The molecular weight excluding hydrogens is 470 g/mol. The van der Waals surface area contributed by atoms with Crippen LogP contribution in [0, 0.1) is 6.92 Å². The topological polar surface area (TPSA) is 98.2 Å². The van der Waals surface area contributed by atoms with Gasteiger partial charge in [-0.25, -0.2) is 5.43 Å². The standard InChI is InChI=1S/C26H26ClN3O5/c1-18-5-3-4-6-22(18)35-17-26(32)28-15-25(31)30-29-14-20-9-12-23(24(13-20)33-2)34-16-19-7-10-21(27)11-8-19/h3-14H,15-17H2,1-2H3,(H,28,32)(H,30,31)/b29-14+. The van der Waals surface area contributed by atoms with Gasteiger partial charge in [-0.3, -0.25) is 9.59 Å². The van der Waals surface area contributed by atoms with E-state index in [1.54, 1.807) is 43.5 Å². The second kappa shape index (κ2) is 13.0. The smallest absolute Gasteiger partial charge is 0.259 e. The summed E-state index contributed by atoms with van der Waals surface area (Å²) in [6.07, 6.45) is 1.46. The van der Waals surface area contributed by atoms with Crippen LogP contribution < -0.4 is 25.0 Å². The number of halogens is 1. The van der Waals surface area contributed by atoms with Crippen LogP contribution in [-0.2, 0) is 16.2 Å². The van der Waals surface area contributed by atoms with E-state index in [0.717, 1.165) is 11.1 Å². The fourth-order valence-corrected chi connectivity index (χ4v) is 3.06. The highest BCUT2D eigenvalue weighted by atomic mass is 35.5. The third kappa shape index (κ3) is 8.35. The van der Waals surface area contributed by atoms with Gasteiger partial charge >= 0.3 is 0 Å². The highest BCUT2D eigenvalue weighted by Crippen LogP contribution is 2.28. The summed E-state index contributed by atoms with van der Waals surface area (Å²) < 4.78 is 16.7. The first kappa shape index (κ1) is 25.6. The lowest BCUT2D eigenvalue weighted by molar-refractivity contribution is -0.127. The second-order valence-electron chi connectivity index (χ2n) is 7.45. The van der Waals surface area contributed by atoms with Crippen LogP contribution in [0.3, 0.4) is 0 Å². The summed E-state index contributed by atoms with van der Waals surface area (Å²) in [5.41, 5.74) is 4.95. The number of aryl methyl sites for hydroxylation is 1. The summed E-state index contributed by atoms with van der Waals surface area (Å²) in [7, 11) is 1.54. The lowest BCUT2D eigenvalue weighted by Crippen LogP contribution is -2.37. The largest absolute Gasteiger partial charge is 0.493 e. The number of nitrogens with zero attached hydrogens (tertiary/aromatic N) is 1. The minimum absolute atomic E-state index is 0.187. The first-order valence-corrected chi connectivity index (χ1v) is 11.1. The number of ether oxygens (including phenoxy) is 3. The zero-order valence-corrected chi connectivity index (χ0v) is 20.2. The Kier molecular flexibility index (Phi) is 9.50. The summed E-state index contributed by atoms with van der Waals surface area (Å²) in [6, 6.07) is 20.0. The quantitative estimate of drug-likeness (QED) is 0.311. The van der Waals surface area contributed by atoms with E-state index in [-0.39, 0.29) is 13.2 Å². The van der Waals surface area contributed by atoms with Gasteiger partial charge in [-0.2, -0.15) is 5.10 Å². The third-order valence-electron chi connectivity index (χ3n) is 4.80. The number of hydrazone groups is 1. The van der Waals surface area contributed by atoms with E-state index >= 15 is 0 Å². The maximum absolute atomic E-state index is 12.0. The Balaban J connectivity index is 1.43. The molecular formula is C26H26ClN3O5. The van der Waals surface area contributed by atoms with Gasteiger partial charge in [0.15, 0.2) is 18.1 Å². The Labute approximate surface area is 208 Å². The van der Waals surface area contributed by atoms with Crippen LogP contribution in [-0.4, -0.2) is 38.3 Å². The fourth-order valence-electron chi connectivity index (χ4n) is 2.94. The van der Waals surface area contributed by atoms with Gasteiger partial charge in [0.1, 0.15) is 12.4 Å². The van der Waals surface area contributed by atoms with Gasteiger partial charge in [0.05, 0.1) is 19.9 Å². The molecule has 3 aromatic carbocycles. The Hall–Kier alpha value is -4.04. The van der Waals surface area contributed by atoms with Crippen LogP contribution in [0.1, 0.15) is 16.7 Å². The van der Waals surface area contributed by atoms with Crippen molar-refractivity contribution in [3.8, 4) is 17.2 Å². The number of carbonyl (C=O) groups is 2. The minimum Gasteiger partial charge on any atom is -0.493 e. The number of amides is 2. The van der Waals surface area contributed by atoms with E-state index in [0.29, 0.717) is 34.4 Å². The predicted molar refractivity (Wildman–Crippen MR) is 134 cm³/mol. The number of methoxy groups -OCH3 is 1. The zero-order valence-electron chi connectivity index (χ0n) is 19.4. The van der Waals surface area contributed by atoms with Crippen molar-refractivity contribution in [2.45, 2.75) is 13.5 Å². The Morgan fingerprint density at radius 2 is 1.71 bits per heavy atom. The van der Waals surface area contributed by atoms with Crippen LogP contribution >= 0.6 is 11.6 Å². The Morgan fingerprint density at radius 1 is 0.943 bits per heavy atom. The molecule has 8 nitrogen and oxygen atoms in total. The molecule has 0 fully saturated rings. The summed E-state index contributed by atoms with van der Waals surface area (Å²) in [6.45, 7) is 1.83. The number of rotatable bonds is 11. The van der Waals surface area contributed by atoms with Crippen molar-refractivity contribution >= 4 is 29.6 Å². The molecule has 0 aromatic heterocycles. The van der Waals surface area contributed by atoms with Gasteiger partial charge in [-0.15, -0.1) is 0 Å². The molecule has 3 aromatic rings. The van der Waals surface area contributed by atoms with Crippen molar-refractivity contribution in [3.63, 3.8) is 0 Å². The Morgan fingerprint density at radius 3 is 2.46 bits per heavy atom. The van der Waals surface area contributed by atoms with E-state index < -0.39 is 11.8 Å². The third-order valence-corrected chi connectivity index (χ3v) is 5.05. The molecule has 0 bridgehead atoms. The SMILES string of the molecule is COc1cc(/C=N/NC(=O)CNC(=O)COc2ccccc2C)ccc1OCc1ccc(Cl)cc1. The first-order valence-electron chi connectivity index (χ1n) is 10.8. The van der Waals surface area contributed by atoms with Crippen LogP contribution in [0.2, 0.25) is 5.02 Å². The van der Waals surface area contributed by atoms with Crippen molar-refractivity contribution in [1.82, 2.24) is 10.7 Å². The lowest BCUT2D eigenvalue weighted by atomic mass is 10.2. The molecule has 182 valence electrons. The summed E-state index contributed by atoms with van der Waals surface area (Å²) >= 11 is 5.90. The van der Waals surface area contributed by atoms with Gasteiger partial charge < -0.3 is 19.5 Å². The van der Waals surface area contributed by atoms with Gasteiger partial charge in [0.25, 0.3) is 11.8 Å². The number of benzene rings is 3. The maximum Gasteiger partial charge on any atom is 0.259 e. The van der Waals surface area contributed by atoms with E-state index in [1.807, 2.05) is 37.3 Å². The van der Waals surface area contributed by atoms with E-state index in [4.69, 9.17) is 25.8 Å². The molecule has 0 unspecified atom stereocenters. The van der Waals surface area contributed by atoms with Crippen molar-refractivity contribution in [1.29, 1.82) is 0 Å². The van der Waals surface area contributed by atoms with Crippen LogP contribution in [0.4, 0.5) is 0 Å². The van der Waals surface area contributed by atoms with E-state index in [2.05, 4.69) is 15.8 Å². The van der Waals surface area contributed by atoms with Crippen molar-refractivity contribution in [2.24, 2.45) is 5.10 Å². The fraction of sp³-hybridized carbons (Fsp3) is 0.192. The van der Waals surface area contributed by atoms with Crippen LogP contribution in [0.15, 0.2) is 71.8 Å². The summed E-state index contributed by atoms with van der Waals surface area (Å²) in [5, 5.41) is 7.06. The molecule has 3 rings (SSSR count). The van der Waals surface area contributed by atoms with E-state index in [9.17, 15) is 9.59 Å². The highest BCUT2D eigenvalue weighted by Gasteiger charge is 2.08. The van der Waals surface area contributed by atoms with Gasteiger partial charge in [-0.05, 0) is 60.0 Å². The molecule has 0 aliphatic heterocycles. The highest BCUT2D eigenvalue weighted by molar-refractivity contribution is 6.30. The zero-order chi connectivity index (χ0) is 25.0. The monoisotopic (exact) mass is 495 g/mol. The van der Waals surface area contributed by atoms with Gasteiger partial charge in [-0.1, -0.05) is 41.9 Å². The minimum atomic E-state index is -0.472. The summed E-state index contributed by atoms with van der Waals surface area (Å²) in [5.74, 6) is 0.828. The number of carbonyl (C=O) groups excluding carboxylic acids is 2. The maximum atomic E-state index is 12.0. The van der Waals surface area contributed by atoms with Gasteiger partial charge in [0.2, 0.25) is 0 Å². The first-order chi connectivity index (χ1) is 16.9. The molecule has 0 saturated heterocycles. The molecule has 0 heterocycles. The van der Waals surface area contributed by atoms with Crippen LogP contribution in [0.25, 0.3) is 0 Å². The molecule has 0 atom stereocenters. The molecule has 0 aliphatic rings. The number of para-hydroxylation sites is 1. The summed E-state index contributed by atoms with van der Waals surface area (Å²) in [4.78, 5) is 23.9. The van der Waals surface area contributed by atoms with Crippen molar-refractivity contribution in [2.75, 3.05) is 20.3 Å². The van der Waals surface area contributed by atoms with Crippen LogP contribution in [0.5, 0.6) is 17.2 Å². The average Bonchev–Trinajstić information content (AvgIpc) is 2.87. The molecule has 9 heteroatoms. The average molecular weight is 496 g/mol. The number of nitrogens with one attached hydrogen (secondary N) is 2. The molecule has 0 aliphatic carbocycles. The predicted octanol–water partition coefficient (Wildman–Crippen LogP) is 3.88. The number of hydrogen-bond donors (Lipinski definition) is 2. The van der Waals surface area contributed by atoms with Gasteiger partial charge in [0, 0.05) is 5.02 Å². The molecule has 0 saturated carbocycles. The molecule has 2 amide bonds. The normalized spacial score (nSPS) is 10.6. The lowest BCUT2D eigenvalue weighted by Gasteiger charge is -2.11. The molecule has 35 heavy (non-hydrogen) atoms. The van der Waals surface area contributed by atoms with Crippen molar-refractivity contribution < 1.29 is 23.8 Å². The second-order valence-corrected chi connectivity index (χ2v) is 7.89. The van der Waals surface area contributed by atoms with E-state index in [1.165, 1.54) is 6.21 Å². The van der Waals surface area contributed by atoms with Crippen molar-refractivity contribution in [3.05, 3.63) is 88.4 Å². The molecule has 0 radical (unpaired) electrons. The Bertz CT molecular complexity index is 1180. The molecule has 0 spiro atoms.